The summed E-state index contributed by atoms with van der Waals surface area (Å²) >= 11 is 0. The van der Waals surface area contributed by atoms with Crippen molar-refractivity contribution in [2.45, 2.75) is 57.4 Å². The van der Waals surface area contributed by atoms with Gasteiger partial charge in [0.25, 0.3) is 11.6 Å². The Morgan fingerprint density at radius 2 is 1.73 bits per heavy atom. The molecule has 0 spiro atoms. The average molecular weight is 357 g/mol. The summed E-state index contributed by atoms with van der Waals surface area (Å²) in [5, 5.41) is 11.6. The maximum Gasteiger partial charge on any atom is 0.293 e. The first-order valence-electron chi connectivity index (χ1n) is 9.99. The maximum absolute atomic E-state index is 13.2. The smallest absolute Gasteiger partial charge is 0.293 e. The van der Waals surface area contributed by atoms with Gasteiger partial charge < -0.3 is 9.80 Å². The lowest BCUT2D eigenvalue weighted by atomic mass is 9.78. The molecule has 2 unspecified atom stereocenters. The van der Waals surface area contributed by atoms with Gasteiger partial charge in [0.15, 0.2) is 0 Å². The number of piperidine rings is 1. The molecule has 0 bridgehead atoms. The lowest BCUT2D eigenvalue weighted by Crippen LogP contribution is -2.49. The summed E-state index contributed by atoms with van der Waals surface area (Å²) in [6.07, 6.45) is 9.11. The van der Waals surface area contributed by atoms with Crippen LogP contribution in [0.4, 0.5) is 11.4 Å². The highest BCUT2D eigenvalue weighted by molar-refractivity contribution is 5.96. The monoisotopic (exact) mass is 357 g/mol. The van der Waals surface area contributed by atoms with Crippen molar-refractivity contribution in [2.24, 2.45) is 5.92 Å². The van der Waals surface area contributed by atoms with Crippen LogP contribution in [0.5, 0.6) is 0 Å². The number of carbonyl (C=O) groups is 1. The molecule has 1 aliphatic carbocycles. The highest BCUT2D eigenvalue weighted by Crippen LogP contribution is 2.37. The maximum atomic E-state index is 13.2. The summed E-state index contributed by atoms with van der Waals surface area (Å²) in [6.45, 7) is 2.48. The van der Waals surface area contributed by atoms with Crippen molar-refractivity contribution in [3.05, 3.63) is 33.9 Å². The predicted molar refractivity (Wildman–Crippen MR) is 101 cm³/mol. The van der Waals surface area contributed by atoms with Crippen LogP contribution < -0.4 is 4.90 Å². The summed E-state index contributed by atoms with van der Waals surface area (Å²) in [5.41, 5.74) is 1.18. The third-order valence-corrected chi connectivity index (χ3v) is 6.37. The molecular formula is C20H27N3O3. The van der Waals surface area contributed by atoms with Crippen LogP contribution in [0.2, 0.25) is 0 Å². The summed E-state index contributed by atoms with van der Waals surface area (Å²) in [4.78, 5) is 28.5. The largest absolute Gasteiger partial charge is 0.366 e. The molecule has 1 aromatic rings. The van der Waals surface area contributed by atoms with Gasteiger partial charge in [0.05, 0.1) is 4.92 Å². The minimum absolute atomic E-state index is 0.0299. The zero-order chi connectivity index (χ0) is 18.1. The fraction of sp³-hybridized carbons (Fsp3) is 0.650. The van der Waals surface area contributed by atoms with Crippen molar-refractivity contribution >= 4 is 17.3 Å². The van der Waals surface area contributed by atoms with Gasteiger partial charge in [0.2, 0.25) is 0 Å². The molecule has 2 heterocycles. The lowest BCUT2D eigenvalue weighted by molar-refractivity contribution is -0.384. The minimum Gasteiger partial charge on any atom is -0.366 e. The molecule has 3 fully saturated rings. The zero-order valence-electron chi connectivity index (χ0n) is 15.2. The SMILES string of the molecule is O=C(c1ccc(N2CCCC2)c([N+](=O)[O-])c1)N1CCCC2CCCCC21. The molecule has 1 amide bonds. The number of hydrogen-bond donors (Lipinski definition) is 0. The quantitative estimate of drug-likeness (QED) is 0.606. The van der Waals surface area contributed by atoms with E-state index < -0.39 is 0 Å². The predicted octanol–water partition coefficient (Wildman–Crippen LogP) is 3.99. The highest BCUT2D eigenvalue weighted by atomic mass is 16.6. The molecule has 6 heteroatoms. The van der Waals surface area contributed by atoms with E-state index in [9.17, 15) is 14.9 Å². The number of likely N-dealkylation sites (tertiary alicyclic amines) is 1. The molecule has 1 saturated carbocycles. The Morgan fingerprint density at radius 3 is 2.50 bits per heavy atom. The molecule has 0 radical (unpaired) electrons. The van der Waals surface area contributed by atoms with Gasteiger partial charge in [-0.05, 0) is 56.6 Å². The van der Waals surface area contributed by atoms with Crippen molar-refractivity contribution in [3.8, 4) is 0 Å². The van der Waals surface area contributed by atoms with Crippen molar-refractivity contribution in [1.29, 1.82) is 0 Å². The summed E-state index contributed by atoms with van der Waals surface area (Å²) in [5.74, 6) is 0.581. The van der Waals surface area contributed by atoms with Gasteiger partial charge in [0, 0.05) is 37.3 Å². The van der Waals surface area contributed by atoms with Crippen LogP contribution in [0.25, 0.3) is 0 Å². The number of carbonyl (C=O) groups excluding carboxylic acids is 1. The van der Waals surface area contributed by atoms with Crippen LogP contribution in [0.15, 0.2) is 18.2 Å². The van der Waals surface area contributed by atoms with Crippen molar-refractivity contribution in [2.75, 3.05) is 24.5 Å². The Balaban J connectivity index is 1.61. The van der Waals surface area contributed by atoms with Gasteiger partial charge in [-0.3, -0.25) is 14.9 Å². The van der Waals surface area contributed by atoms with Crippen LogP contribution in [-0.2, 0) is 0 Å². The van der Waals surface area contributed by atoms with Crippen molar-refractivity contribution < 1.29 is 9.72 Å². The lowest BCUT2D eigenvalue weighted by Gasteiger charge is -2.44. The number of benzene rings is 1. The van der Waals surface area contributed by atoms with Gasteiger partial charge >= 0.3 is 0 Å². The summed E-state index contributed by atoms with van der Waals surface area (Å²) in [6, 6.07) is 5.39. The second-order valence-electron chi connectivity index (χ2n) is 7.91. The van der Waals surface area contributed by atoms with E-state index >= 15 is 0 Å². The van der Waals surface area contributed by atoms with E-state index in [1.807, 2.05) is 4.90 Å². The first kappa shape index (κ1) is 17.3. The van der Waals surface area contributed by atoms with Gasteiger partial charge in [-0.2, -0.15) is 0 Å². The highest BCUT2D eigenvalue weighted by Gasteiger charge is 2.36. The van der Waals surface area contributed by atoms with E-state index in [1.165, 1.54) is 31.7 Å². The number of amides is 1. The van der Waals surface area contributed by atoms with Gasteiger partial charge in [0.1, 0.15) is 5.69 Å². The van der Waals surface area contributed by atoms with E-state index in [1.54, 1.807) is 12.1 Å². The van der Waals surface area contributed by atoms with Crippen LogP contribution in [0, 0.1) is 16.0 Å². The van der Waals surface area contributed by atoms with Crippen molar-refractivity contribution in [3.63, 3.8) is 0 Å². The molecule has 140 valence electrons. The molecule has 2 aliphatic heterocycles. The van der Waals surface area contributed by atoms with E-state index in [0.717, 1.165) is 45.3 Å². The third-order valence-electron chi connectivity index (χ3n) is 6.37. The van der Waals surface area contributed by atoms with Gasteiger partial charge in [-0.15, -0.1) is 0 Å². The standard InChI is InChI=1S/C20H27N3O3/c24-20(22-13-5-7-15-6-1-2-8-17(15)22)16-9-10-18(19(14-16)23(25)26)21-11-3-4-12-21/h9-10,14-15,17H,1-8,11-13H2. The Labute approximate surface area is 154 Å². The number of hydrogen-bond acceptors (Lipinski definition) is 4. The molecule has 2 saturated heterocycles. The van der Waals surface area contributed by atoms with E-state index in [0.29, 0.717) is 23.2 Å². The Kier molecular flexibility index (Phi) is 4.83. The van der Waals surface area contributed by atoms with Gasteiger partial charge in [-0.25, -0.2) is 0 Å². The first-order valence-corrected chi connectivity index (χ1v) is 9.99. The fourth-order valence-corrected chi connectivity index (χ4v) is 5.07. The number of anilines is 1. The molecule has 3 aliphatic rings. The molecule has 6 nitrogen and oxygen atoms in total. The van der Waals surface area contributed by atoms with Gasteiger partial charge in [-0.1, -0.05) is 12.8 Å². The summed E-state index contributed by atoms with van der Waals surface area (Å²) < 4.78 is 0. The number of nitro groups is 1. The van der Waals surface area contributed by atoms with Crippen LogP contribution in [0.1, 0.15) is 61.7 Å². The summed E-state index contributed by atoms with van der Waals surface area (Å²) in [7, 11) is 0. The van der Waals surface area contributed by atoms with E-state index in [2.05, 4.69) is 4.90 Å². The molecule has 0 aromatic heterocycles. The number of nitrogens with zero attached hydrogens (tertiary/aromatic N) is 3. The fourth-order valence-electron chi connectivity index (χ4n) is 5.07. The van der Waals surface area contributed by atoms with E-state index in [4.69, 9.17) is 0 Å². The van der Waals surface area contributed by atoms with Crippen LogP contribution in [-0.4, -0.2) is 41.4 Å². The van der Waals surface area contributed by atoms with E-state index in [-0.39, 0.29) is 16.5 Å². The molecule has 1 aromatic carbocycles. The minimum atomic E-state index is -0.343. The van der Waals surface area contributed by atoms with Crippen LogP contribution >= 0.6 is 0 Å². The third kappa shape index (κ3) is 3.17. The first-order chi connectivity index (χ1) is 12.6. The number of fused-ring (bicyclic) bond motifs is 1. The molecule has 4 rings (SSSR count). The molecule has 26 heavy (non-hydrogen) atoms. The normalized spacial score (nSPS) is 25.8. The number of nitro benzene ring substituents is 1. The second-order valence-corrected chi connectivity index (χ2v) is 7.91. The zero-order valence-corrected chi connectivity index (χ0v) is 15.2. The van der Waals surface area contributed by atoms with Crippen LogP contribution in [0.3, 0.4) is 0 Å². The Bertz CT molecular complexity index is 698. The molecule has 0 N–H and O–H groups in total. The second kappa shape index (κ2) is 7.25. The molecule has 2 atom stereocenters. The Morgan fingerprint density at radius 1 is 1.00 bits per heavy atom. The topological polar surface area (TPSA) is 66.7 Å². The number of rotatable bonds is 3. The Hall–Kier alpha value is -2.11. The molecular weight excluding hydrogens is 330 g/mol. The van der Waals surface area contributed by atoms with Crippen molar-refractivity contribution in [1.82, 2.24) is 4.90 Å². The average Bonchev–Trinajstić information content (AvgIpc) is 3.21.